The van der Waals surface area contributed by atoms with E-state index < -0.39 is 12.1 Å². The highest BCUT2D eigenvalue weighted by molar-refractivity contribution is 5.93. The van der Waals surface area contributed by atoms with E-state index in [1.807, 2.05) is 36.4 Å². The Kier molecular flexibility index (Phi) is 8.96. The van der Waals surface area contributed by atoms with Gasteiger partial charge in [0.1, 0.15) is 0 Å². The fourth-order valence-corrected chi connectivity index (χ4v) is 6.01. The van der Waals surface area contributed by atoms with Crippen LogP contribution in [0.3, 0.4) is 0 Å². The topological polar surface area (TPSA) is 100 Å². The lowest BCUT2D eigenvalue weighted by Crippen LogP contribution is -2.52. The number of likely N-dealkylation sites (N-methyl/N-ethyl adjacent to an activating group) is 1. The van der Waals surface area contributed by atoms with Gasteiger partial charge in [0.15, 0.2) is 11.5 Å². The van der Waals surface area contributed by atoms with Crippen molar-refractivity contribution < 1.29 is 37.3 Å². The molecule has 3 aromatic rings. The van der Waals surface area contributed by atoms with Crippen molar-refractivity contribution in [1.29, 1.82) is 0 Å². The molecular formula is C30H34F3N3O5. The van der Waals surface area contributed by atoms with E-state index in [4.69, 9.17) is 19.4 Å². The number of methoxy groups -OCH3 is 2. The third kappa shape index (κ3) is 6.67. The minimum absolute atomic E-state index is 0.0707. The van der Waals surface area contributed by atoms with E-state index in [0.717, 1.165) is 60.2 Å². The molecule has 0 spiro atoms. The first-order valence-electron chi connectivity index (χ1n) is 13.3. The van der Waals surface area contributed by atoms with Gasteiger partial charge in [0.25, 0.3) is 0 Å². The molecule has 2 amide bonds. The number of amides is 2. The number of fused-ring (bicyclic) bond motifs is 2. The van der Waals surface area contributed by atoms with Crippen LogP contribution in [0.2, 0.25) is 0 Å². The zero-order valence-electron chi connectivity index (χ0n) is 23.1. The van der Waals surface area contributed by atoms with Crippen molar-refractivity contribution in [2.45, 2.75) is 49.4 Å². The van der Waals surface area contributed by atoms with Crippen molar-refractivity contribution in [3.8, 4) is 11.5 Å². The molecule has 220 valence electrons. The van der Waals surface area contributed by atoms with Gasteiger partial charge < -0.3 is 30.1 Å². The van der Waals surface area contributed by atoms with E-state index in [0.29, 0.717) is 6.04 Å². The van der Waals surface area contributed by atoms with Crippen LogP contribution in [0.1, 0.15) is 31.2 Å². The van der Waals surface area contributed by atoms with Gasteiger partial charge >= 0.3 is 18.2 Å². The number of nitrogens with one attached hydrogen (secondary N) is 2. The molecule has 3 unspecified atom stereocenters. The average Bonchev–Trinajstić information content (AvgIpc) is 3.29. The summed E-state index contributed by atoms with van der Waals surface area (Å²) >= 11 is 0. The molecule has 1 aliphatic heterocycles. The second-order valence-corrected chi connectivity index (χ2v) is 10.4. The van der Waals surface area contributed by atoms with Crippen LogP contribution in [0, 0.1) is 0 Å². The standard InChI is InChI=1S/C28H33N3O3.C2HF3O2/c1-31-15-14-28(21-9-11-24(33-2)25(17-21)34-3)13-12-23(18-26(28)31)30-27(32)29-22-10-8-19-6-4-5-7-20(19)16-22;3-2(4,5)1(6)7/h4-11,16-17,23,26H,12-15,18H2,1-3H3,(H2,29,30,32);(H,6,7). The second-order valence-electron chi connectivity index (χ2n) is 10.4. The lowest BCUT2D eigenvalue weighted by molar-refractivity contribution is -0.192. The highest BCUT2D eigenvalue weighted by Crippen LogP contribution is 2.49. The van der Waals surface area contributed by atoms with Crippen molar-refractivity contribution in [2.24, 2.45) is 0 Å². The summed E-state index contributed by atoms with van der Waals surface area (Å²) in [7, 11) is 5.55. The summed E-state index contributed by atoms with van der Waals surface area (Å²) in [4.78, 5) is 24.2. The highest BCUT2D eigenvalue weighted by Gasteiger charge is 2.50. The number of carboxylic acids is 1. The number of nitrogens with zero attached hydrogens (tertiary/aromatic N) is 1. The van der Waals surface area contributed by atoms with Crippen LogP contribution < -0.4 is 20.1 Å². The molecule has 2 aliphatic rings. The number of carbonyl (C=O) groups excluding carboxylic acids is 1. The highest BCUT2D eigenvalue weighted by atomic mass is 19.4. The van der Waals surface area contributed by atoms with Crippen molar-refractivity contribution in [1.82, 2.24) is 10.2 Å². The normalized spacial score (nSPS) is 22.2. The number of hydrogen-bond acceptors (Lipinski definition) is 5. The molecule has 3 aromatic carbocycles. The Morgan fingerprint density at radius 2 is 1.66 bits per heavy atom. The molecule has 0 radical (unpaired) electrons. The first-order valence-corrected chi connectivity index (χ1v) is 13.3. The quantitative estimate of drug-likeness (QED) is 0.357. The van der Waals surface area contributed by atoms with Crippen LogP contribution in [-0.4, -0.2) is 68.1 Å². The van der Waals surface area contributed by atoms with Gasteiger partial charge in [-0.25, -0.2) is 9.59 Å². The summed E-state index contributed by atoms with van der Waals surface area (Å²) in [6, 6.07) is 20.9. The molecule has 1 saturated heterocycles. The number of anilines is 1. The van der Waals surface area contributed by atoms with Gasteiger partial charge in [-0.1, -0.05) is 36.4 Å². The number of likely N-dealkylation sites (tertiary alicyclic amines) is 1. The van der Waals surface area contributed by atoms with E-state index in [9.17, 15) is 18.0 Å². The summed E-state index contributed by atoms with van der Waals surface area (Å²) in [5.41, 5.74) is 2.18. The number of carbonyl (C=O) groups is 2. The lowest BCUT2D eigenvalue weighted by atomic mass is 9.65. The number of carboxylic acid groups (broad SMARTS) is 1. The fraction of sp³-hybridized carbons (Fsp3) is 0.400. The SMILES string of the molecule is COc1ccc(C23CCC(NC(=O)Nc4ccc5ccccc5c4)CC2N(C)CC3)cc1OC.O=C(O)C(F)(F)F. The monoisotopic (exact) mass is 573 g/mol. The fourth-order valence-electron chi connectivity index (χ4n) is 6.01. The van der Waals surface area contributed by atoms with Crippen LogP contribution in [0.5, 0.6) is 11.5 Å². The molecule has 8 nitrogen and oxygen atoms in total. The van der Waals surface area contributed by atoms with Gasteiger partial charge in [-0.15, -0.1) is 0 Å². The maximum absolute atomic E-state index is 12.8. The Morgan fingerprint density at radius 3 is 2.32 bits per heavy atom. The smallest absolute Gasteiger partial charge is 0.490 e. The van der Waals surface area contributed by atoms with Gasteiger partial charge in [-0.2, -0.15) is 13.2 Å². The van der Waals surface area contributed by atoms with Crippen LogP contribution >= 0.6 is 0 Å². The third-order valence-electron chi connectivity index (χ3n) is 8.07. The molecule has 11 heteroatoms. The number of aliphatic carboxylic acids is 1. The number of hydrogen-bond donors (Lipinski definition) is 3. The Labute approximate surface area is 236 Å². The van der Waals surface area contributed by atoms with Gasteiger partial charge in [-0.05, 0) is 79.9 Å². The zero-order chi connectivity index (χ0) is 29.8. The first-order chi connectivity index (χ1) is 19.5. The first kappa shape index (κ1) is 30.0. The summed E-state index contributed by atoms with van der Waals surface area (Å²) < 4.78 is 42.8. The molecule has 1 aliphatic carbocycles. The number of benzene rings is 3. The molecular weight excluding hydrogens is 539 g/mol. The molecule has 1 heterocycles. The Balaban J connectivity index is 0.000000493. The molecule has 41 heavy (non-hydrogen) atoms. The Bertz CT molecular complexity index is 1400. The predicted molar refractivity (Wildman–Crippen MR) is 150 cm³/mol. The van der Waals surface area contributed by atoms with Crippen molar-refractivity contribution >= 4 is 28.5 Å². The van der Waals surface area contributed by atoms with Crippen LogP contribution in [-0.2, 0) is 10.2 Å². The minimum atomic E-state index is -5.08. The van der Waals surface area contributed by atoms with Crippen LogP contribution in [0.15, 0.2) is 60.7 Å². The molecule has 1 saturated carbocycles. The second kappa shape index (κ2) is 12.3. The molecule has 0 bridgehead atoms. The number of ether oxygens (including phenoxy) is 2. The summed E-state index contributed by atoms with van der Waals surface area (Å²) in [5.74, 6) is -1.23. The number of rotatable bonds is 5. The van der Waals surface area contributed by atoms with Gasteiger partial charge in [-0.3, -0.25) is 0 Å². The average molecular weight is 574 g/mol. The maximum atomic E-state index is 12.8. The third-order valence-corrected chi connectivity index (χ3v) is 8.07. The summed E-state index contributed by atoms with van der Waals surface area (Å²) in [6.07, 6.45) is -1.07. The van der Waals surface area contributed by atoms with Gasteiger partial charge in [0.05, 0.1) is 14.2 Å². The Morgan fingerprint density at radius 1 is 0.976 bits per heavy atom. The number of alkyl halides is 3. The van der Waals surface area contributed by atoms with E-state index in [-0.39, 0.29) is 17.5 Å². The largest absolute Gasteiger partial charge is 0.493 e. The maximum Gasteiger partial charge on any atom is 0.490 e. The molecule has 5 rings (SSSR count). The van der Waals surface area contributed by atoms with Crippen molar-refractivity contribution in [2.75, 3.05) is 33.1 Å². The van der Waals surface area contributed by atoms with E-state index in [1.165, 1.54) is 5.56 Å². The van der Waals surface area contributed by atoms with E-state index in [1.54, 1.807) is 14.2 Å². The lowest BCUT2D eigenvalue weighted by Gasteiger charge is -2.45. The van der Waals surface area contributed by atoms with Crippen molar-refractivity contribution in [3.05, 3.63) is 66.2 Å². The minimum Gasteiger partial charge on any atom is -0.493 e. The van der Waals surface area contributed by atoms with Crippen molar-refractivity contribution in [3.63, 3.8) is 0 Å². The number of urea groups is 1. The van der Waals surface area contributed by atoms with E-state index >= 15 is 0 Å². The molecule has 2 fully saturated rings. The summed E-state index contributed by atoms with van der Waals surface area (Å²) in [5, 5.41) is 15.7. The van der Waals surface area contributed by atoms with Crippen LogP contribution in [0.25, 0.3) is 10.8 Å². The van der Waals surface area contributed by atoms with Crippen LogP contribution in [0.4, 0.5) is 23.7 Å². The number of halogens is 3. The summed E-state index contributed by atoms with van der Waals surface area (Å²) in [6.45, 7) is 1.05. The van der Waals surface area contributed by atoms with Gasteiger partial charge in [0.2, 0.25) is 0 Å². The zero-order valence-corrected chi connectivity index (χ0v) is 23.1. The Hall–Kier alpha value is -3.99. The van der Waals surface area contributed by atoms with Gasteiger partial charge in [0, 0.05) is 23.2 Å². The molecule has 3 atom stereocenters. The predicted octanol–water partition coefficient (Wildman–Crippen LogP) is 5.81. The van der Waals surface area contributed by atoms with E-state index in [2.05, 4.69) is 46.8 Å². The molecule has 0 aromatic heterocycles. The molecule has 3 N–H and O–H groups in total.